The molecule has 92 valence electrons. The molecule has 0 unspecified atom stereocenters. The van der Waals surface area contributed by atoms with Crippen molar-refractivity contribution < 1.29 is 8.42 Å². The van der Waals surface area contributed by atoms with Gasteiger partial charge >= 0.3 is 0 Å². The van der Waals surface area contributed by atoms with E-state index in [4.69, 9.17) is 18.0 Å². The molecule has 1 aromatic rings. The average molecular weight is 272 g/mol. The minimum atomic E-state index is -3.60. The molecule has 1 aromatic carbocycles. The van der Waals surface area contributed by atoms with Gasteiger partial charge in [-0.2, -0.15) is 4.31 Å². The van der Waals surface area contributed by atoms with Crippen molar-refractivity contribution in [2.75, 3.05) is 13.1 Å². The minimum absolute atomic E-state index is 0.0569. The minimum Gasteiger partial charge on any atom is -0.207 e. The summed E-state index contributed by atoms with van der Waals surface area (Å²) in [4.78, 5) is 0.102. The van der Waals surface area contributed by atoms with E-state index < -0.39 is 10.0 Å². The molecule has 0 atom stereocenters. The zero-order chi connectivity index (χ0) is 12.9. The van der Waals surface area contributed by atoms with Crippen molar-refractivity contribution in [2.24, 2.45) is 0 Å². The van der Waals surface area contributed by atoms with Gasteiger partial charge in [-0.25, -0.2) is 8.42 Å². The zero-order valence-electron chi connectivity index (χ0n) is 9.56. The van der Waals surface area contributed by atoms with Crippen LogP contribution in [0.15, 0.2) is 29.2 Å². The summed E-state index contributed by atoms with van der Waals surface area (Å²) in [5, 5.41) is 0.214. The molecule has 1 rings (SSSR count). The van der Waals surface area contributed by atoms with Crippen LogP contribution in [0.5, 0.6) is 0 Å². The summed E-state index contributed by atoms with van der Waals surface area (Å²) in [6, 6.07) is 6.36. The van der Waals surface area contributed by atoms with E-state index >= 15 is 0 Å². The third-order valence-corrected chi connectivity index (χ3v) is 4.54. The highest BCUT2D eigenvalue weighted by molar-refractivity contribution is 7.89. The molecule has 0 saturated carbocycles. The fourth-order valence-corrected chi connectivity index (χ4v) is 3.37. The molecule has 0 aliphatic rings. The van der Waals surface area contributed by atoms with E-state index in [-0.39, 0.29) is 16.5 Å². The van der Waals surface area contributed by atoms with Crippen LogP contribution in [0, 0.1) is 12.3 Å². The maximum atomic E-state index is 12.3. The van der Waals surface area contributed by atoms with Crippen LogP contribution in [-0.4, -0.2) is 25.8 Å². The molecule has 5 heteroatoms. The van der Waals surface area contributed by atoms with Gasteiger partial charge in [0.15, 0.2) is 0 Å². The van der Waals surface area contributed by atoms with Gasteiger partial charge in [-0.15, -0.1) is 6.42 Å². The van der Waals surface area contributed by atoms with Crippen LogP contribution in [0.4, 0.5) is 0 Å². The summed E-state index contributed by atoms with van der Waals surface area (Å²) >= 11 is 5.90. The maximum absolute atomic E-state index is 12.3. The molecule has 0 bridgehead atoms. The quantitative estimate of drug-likeness (QED) is 0.771. The largest absolute Gasteiger partial charge is 0.245 e. The number of rotatable bonds is 5. The molecule has 0 saturated heterocycles. The molecule has 0 fully saturated rings. The molecule has 0 aliphatic heterocycles. The molecule has 0 N–H and O–H groups in total. The van der Waals surface area contributed by atoms with E-state index in [2.05, 4.69) is 5.92 Å². The fraction of sp³-hybridized carbons (Fsp3) is 0.333. The summed E-state index contributed by atoms with van der Waals surface area (Å²) in [7, 11) is -3.60. The topological polar surface area (TPSA) is 37.4 Å². The van der Waals surface area contributed by atoms with Gasteiger partial charge in [-0.1, -0.05) is 36.6 Å². The Hall–Kier alpha value is -1.02. The van der Waals surface area contributed by atoms with Crippen LogP contribution in [0.3, 0.4) is 0 Å². The number of benzene rings is 1. The van der Waals surface area contributed by atoms with E-state index in [1.807, 2.05) is 6.92 Å². The van der Waals surface area contributed by atoms with Crippen LogP contribution in [0.1, 0.15) is 13.3 Å². The lowest BCUT2D eigenvalue weighted by Gasteiger charge is -2.19. The third kappa shape index (κ3) is 3.22. The summed E-state index contributed by atoms with van der Waals surface area (Å²) in [6.07, 6.45) is 5.88. The normalized spacial score (nSPS) is 11.4. The van der Waals surface area contributed by atoms with Gasteiger partial charge in [-0.3, -0.25) is 0 Å². The summed E-state index contributed by atoms with van der Waals surface area (Å²) in [5.74, 6) is 2.35. The first-order valence-electron chi connectivity index (χ1n) is 5.22. The van der Waals surface area contributed by atoms with Crippen LogP contribution in [-0.2, 0) is 10.0 Å². The summed E-state index contributed by atoms with van der Waals surface area (Å²) < 4.78 is 25.8. The zero-order valence-corrected chi connectivity index (χ0v) is 11.1. The first-order chi connectivity index (χ1) is 8.04. The van der Waals surface area contributed by atoms with E-state index in [0.717, 1.165) is 0 Å². The lowest BCUT2D eigenvalue weighted by Crippen LogP contribution is -2.32. The molecule has 0 aliphatic carbocycles. The number of sulfonamides is 1. The van der Waals surface area contributed by atoms with Gasteiger partial charge in [0, 0.05) is 6.54 Å². The van der Waals surface area contributed by atoms with E-state index in [1.54, 1.807) is 18.2 Å². The van der Waals surface area contributed by atoms with Crippen molar-refractivity contribution in [1.82, 2.24) is 4.31 Å². The number of halogens is 1. The Bertz CT molecular complexity index is 520. The SMILES string of the molecule is C#CCN(CCC)S(=O)(=O)c1ccccc1Cl. The number of hydrogen-bond acceptors (Lipinski definition) is 2. The summed E-state index contributed by atoms with van der Waals surface area (Å²) in [5.41, 5.74) is 0. The molecular formula is C12H14ClNO2S. The van der Waals surface area contributed by atoms with Crippen molar-refractivity contribution >= 4 is 21.6 Å². The molecule has 0 aromatic heterocycles. The van der Waals surface area contributed by atoms with Crippen molar-refractivity contribution in [2.45, 2.75) is 18.2 Å². The lowest BCUT2D eigenvalue weighted by molar-refractivity contribution is 0.446. The Morgan fingerprint density at radius 3 is 2.59 bits per heavy atom. The van der Waals surface area contributed by atoms with Gasteiger partial charge in [0.25, 0.3) is 0 Å². The second-order valence-electron chi connectivity index (χ2n) is 3.47. The Kier molecular flexibility index (Phi) is 5.01. The van der Waals surface area contributed by atoms with Crippen molar-refractivity contribution in [3.05, 3.63) is 29.3 Å². The Balaban J connectivity index is 3.18. The summed E-state index contributed by atoms with van der Waals surface area (Å²) in [6.45, 7) is 2.34. The van der Waals surface area contributed by atoms with Gasteiger partial charge in [0.05, 0.1) is 11.6 Å². The molecule has 17 heavy (non-hydrogen) atoms. The molecular weight excluding hydrogens is 258 g/mol. The monoisotopic (exact) mass is 271 g/mol. The van der Waals surface area contributed by atoms with Crippen LogP contribution < -0.4 is 0 Å². The molecule has 0 amide bonds. The lowest BCUT2D eigenvalue weighted by atomic mass is 10.4. The van der Waals surface area contributed by atoms with Gasteiger partial charge in [0.1, 0.15) is 4.90 Å². The van der Waals surface area contributed by atoms with E-state index in [1.165, 1.54) is 10.4 Å². The Labute approximate surface area is 107 Å². The van der Waals surface area contributed by atoms with Crippen molar-refractivity contribution in [3.63, 3.8) is 0 Å². The first kappa shape index (κ1) is 14.0. The average Bonchev–Trinajstić information content (AvgIpc) is 2.29. The second kappa shape index (κ2) is 6.06. The second-order valence-corrected chi connectivity index (χ2v) is 5.79. The number of terminal acetylenes is 1. The van der Waals surface area contributed by atoms with Crippen LogP contribution in [0.25, 0.3) is 0 Å². The van der Waals surface area contributed by atoms with Crippen molar-refractivity contribution in [3.8, 4) is 12.3 Å². The molecule has 0 spiro atoms. The predicted octanol–water partition coefficient (Wildman–Crippen LogP) is 2.37. The van der Waals surface area contributed by atoms with E-state index in [9.17, 15) is 8.42 Å². The van der Waals surface area contributed by atoms with Crippen molar-refractivity contribution in [1.29, 1.82) is 0 Å². The van der Waals surface area contributed by atoms with Crippen LogP contribution >= 0.6 is 11.6 Å². The smallest absolute Gasteiger partial charge is 0.207 e. The first-order valence-corrected chi connectivity index (χ1v) is 7.04. The molecule has 3 nitrogen and oxygen atoms in total. The fourth-order valence-electron chi connectivity index (χ4n) is 1.43. The van der Waals surface area contributed by atoms with E-state index in [0.29, 0.717) is 13.0 Å². The third-order valence-electron chi connectivity index (χ3n) is 2.20. The Morgan fingerprint density at radius 2 is 2.06 bits per heavy atom. The standard InChI is InChI=1S/C12H14ClNO2S/c1-3-9-14(10-4-2)17(15,16)12-8-6-5-7-11(12)13/h1,5-8H,4,9-10H2,2H3. The molecule has 0 radical (unpaired) electrons. The van der Waals surface area contributed by atoms with Gasteiger partial charge < -0.3 is 0 Å². The highest BCUT2D eigenvalue weighted by atomic mass is 35.5. The Morgan fingerprint density at radius 1 is 1.41 bits per heavy atom. The van der Waals surface area contributed by atoms with Crippen LogP contribution in [0.2, 0.25) is 5.02 Å². The van der Waals surface area contributed by atoms with Gasteiger partial charge in [0.2, 0.25) is 10.0 Å². The van der Waals surface area contributed by atoms with Gasteiger partial charge in [-0.05, 0) is 18.6 Å². The predicted molar refractivity (Wildman–Crippen MR) is 69.3 cm³/mol. The number of hydrogen-bond donors (Lipinski definition) is 0. The highest BCUT2D eigenvalue weighted by Crippen LogP contribution is 2.24. The molecule has 0 heterocycles. The highest BCUT2D eigenvalue weighted by Gasteiger charge is 2.24. The number of nitrogens with zero attached hydrogens (tertiary/aromatic N) is 1. The maximum Gasteiger partial charge on any atom is 0.245 e.